The molecule has 9 heteroatoms. The van der Waals surface area contributed by atoms with E-state index in [1.165, 1.54) is 46.8 Å². The Bertz CT molecular complexity index is 1350. The van der Waals surface area contributed by atoms with Crippen LogP contribution in [0.1, 0.15) is 31.4 Å². The van der Waals surface area contributed by atoms with E-state index in [-0.39, 0.29) is 11.1 Å². The molecule has 1 aliphatic rings. The number of hydrogen-bond acceptors (Lipinski definition) is 7. The number of aromatic nitrogens is 4. The van der Waals surface area contributed by atoms with Gasteiger partial charge in [-0.1, -0.05) is 24.2 Å². The van der Waals surface area contributed by atoms with Gasteiger partial charge in [-0.3, -0.25) is 18.6 Å². The van der Waals surface area contributed by atoms with E-state index in [0.717, 1.165) is 31.6 Å². The number of thiophene rings is 1. The molecule has 5 rings (SSSR count). The Morgan fingerprint density at radius 3 is 2.78 bits per heavy atom. The molecule has 0 atom stereocenters. The molecular weight excluding hydrogens is 442 g/mol. The fourth-order valence-electron chi connectivity index (χ4n) is 4.18. The SMILES string of the molecule is O=c1c2sccc2nc(SCc2cc(=O)n3ccccc3n2)n1CCCN1CCCCC1. The van der Waals surface area contributed by atoms with Crippen LogP contribution >= 0.6 is 23.1 Å². The third-order valence-electron chi connectivity index (χ3n) is 5.81. The lowest BCUT2D eigenvalue weighted by Crippen LogP contribution is -2.32. The lowest BCUT2D eigenvalue weighted by molar-refractivity contribution is 0.221. The second-order valence-electron chi connectivity index (χ2n) is 8.05. The molecule has 0 saturated carbocycles. The second kappa shape index (κ2) is 9.56. The Labute approximate surface area is 193 Å². The number of thioether (sulfide) groups is 1. The predicted octanol–water partition coefficient (Wildman–Crippen LogP) is 3.63. The average Bonchev–Trinajstić information content (AvgIpc) is 3.29. The Hall–Kier alpha value is -2.49. The van der Waals surface area contributed by atoms with E-state index >= 15 is 0 Å². The van der Waals surface area contributed by atoms with Crippen molar-refractivity contribution in [3.8, 4) is 0 Å². The molecular formula is C23H25N5O2S2. The molecule has 1 fully saturated rings. The van der Waals surface area contributed by atoms with E-state index in [1.807, 2.05) is 29.6 Å². The van der Waals surface area contributed by atoms with Gasteiger partial charge in [0.1, 0.15) is 10.3 Å². The Kier molecular flexibility index (Phi) is 6.38. The van der Waals surface area contributed by atoms with Gasteiger partial charge < -0.3 is 4.90 Å². The van der Waals surface area contributed by atoms with Crippen molar-refractivity contribution >= 4 is 39.0 Å². The second-order valence-corrected chi connectivity index (χ2v) is 9.90. The van der Waals surface area contributed by atoms with Gasteiger partial charge in [0, 0.05) is 24.6 Å². The molecule has 4 aromatic heterocycles. The molecule has 1 aliphatic heterocycles. The van der Waals surface area contributed by atoms with Gasteiger partial charge in [-0.2, -0.15) is 0 Å². The Morgan fingerprint density at radius 1 is 1.03 bits per heavy atom. The van der Waals surface area contributed by atoms with Gasteiger partial charge in [-0.05, 0) is 62.5 Å². The molecule has 5 heterocycles. The molecule has 0 N–H and O–H groups in total. The van der Waals surface area contributed by atoms with E-state index in [1.54, 1.807) is 16.8 Å². The molecule has 7 nitrogen and oxygen atoms in total. The minimum Gasteiger partial charge on any atom is -0.303 e. The van der Waals surface area contributed by atoms with Gasteiger partial charge >= 0.3 is 0 Å². The summed E-state index contributed by atoms with van der Waals surface area (Å²) in [5.41, 5.74) is 1.96. The van der Waals surface area contributed by atoms with Crippen LogP contribution in [-0.4, -0.2) is 43.5 Å². The lowest BCUT2D eigenvalue weighted by Gasteiger charge is -2.26. The summed E-state index contributed by atoms with van der Waals surface area (Å²) >= 11 is 2.91. The third-order valence-corrected chi connectivity index (χ3v) is 7.71. The fraction of sp³-hybridized carbons (Fsp3) is 0.391. The predicted molar refractivity (Wildman–Crippen MR) is 130 cm³/mol. The van der Waals surface area contributed by atoms with Crippen molar-refractivity contribution in [2.24, 2.45) is 0 Å². The van der Waals surface area contributed by atoms with Gasteiger partial charge in [-0.15, -0.1) is 11.3 Å². The fourth-order valence-corrected chi connectivity index (χ4v) is 5.88. The zero-order valence-electron chi connectivity index (χ0n) is 17.8. The monoisotopic (exact) mass is 467 g/mol. The summed E-state index contributed by atoms with van der Waals surface area (Å²) in [7, 11) is 0. The molecule has 0 unspecified atom stereocenters. The first-order valence-electron chi connectivity index (χ1n) is 11.0. The van der Waals surface area contributed by atoms with Crippen molar-refractivity contribution in [3.63, 3.8) is 0 Å². The molecule has 32 heavy (non-hydrogen) atoms. The molecule has 0 amide bonds. The standard InChI is InChI=1S/C23H25N5O2S2/c29-20-15-17(24-19-7-2-5-12-27(19)20)16-32-23-25-18-8-14-31-21(18)22(30)28(23)13-6-11-26-9-3-1-4-10-26/h2,5,7-8,12,14-15H,1,3-4,6,9-11,13,16H2. The van der Waals surface area contributed by atoms with Crippen LogP contribution in [0.5, 0.6) is 0 Å². The summed E-state index contributed by atoms with van der Waals surface area (Å²) in [6.07, 6.45) is 6.49. The number of piperidine rings is 1. The molecule has 0 bridgehead atoms. The smallest absolute Gasteiger partial charge is 0.272 e. The van der Waals surface area contributed by atoms with Crippen molar-refractivity contribution in [1.29, 1.82) is 0 Å². The normalized spacial score (nSPS) is 15.0. The average molecular weight is 468 g/mol. The van der Waals surface area contributed by atoms with Gasteiger partial charge in [0.05, 0.1) is 11.2 Å². The van der Waals surface area contributed by atoms with Crippen LogP contribution in [0.3, 0.4) is 0 Å². The molecule has 0 radical (unpaired) electrons. The highest BCUT2D eigenvalue weighted by Crippen LogP contribution is 2.23. The van der Waals surface area contributed by atoms with Gasteiger partial charge in [0.25, 0.3) is 11.1 Å². The number of hydrogen-bond donors (Lipinski definition) is 0. The summed E-state index contributed by atoms with van der Waals surface area (Å²) in [5.74, 6) is 0.481. The summed E-state index contributed by atoms with van der Waals surface area (Å²) in [4.78, 5) is 37.4. The highest BCUT2D eigenvalue weighted by atomic mass is 32.2. The van der Waals surface area contributed by atoms with E-state index in [4.69, 9.17) is 4.98 Å². The number of fused-ring (bicyclic) bond motifs is 2. The summed E-state index contributed by atoms with van der Waals surface area (Å²) in [5, 5.41) is 2.60. The maximum atomic E-state index is 13.2. The first-order valence-corrected chi connectivity index (χ1v) is 12.9. The van der Waals surface area contributed by atoms with E-state index in [2.05, 4.69) is 9.88 Å². The zero-order valence-corrected chi connectivity index (χ0v) is 19.4. The zero-order chi connectivity index (χ0) is 21.9. The quantitative estimate of drug-likeness (QED) is 0.305. The third kappa shape index (κ3) is 4.51. The van der Waals surface area contributed by atoms with Gasteiger partial charge in [0.15, 0.2) is 5.16 Å². The Balaban J connectivity index is 1.38. The highest BCUT2D eigenvalue weighted by molar-refractivity contribution is 7.98. The van der Waals surface area contributed by atoms with E-state index in [9.17, 15) is 9.59 Å². The topological polar surface area (TPSA) is 72.5 Å². The molecule has 4 aromatic rings. The van der Waals surface area contributed by atoms with Crippen molar-refractivity contribution in [2.45, 2.75) is 43.1 Å². The summed E-state index contributed by atoms with van der Waals surface area (Å²) in [6, 6.07) is 8.95. The molecule has 1 saturated heterocycles. The van der Waals surface area contributed by atoms with Crippen molar-refractivity contribution in [1.82, 2.24) is 23.8 Å². The number of nitrogens with zero attached hydrogens (tertiary/aromatic N) is 5. The molecule has 0 aliphatic carbocycles. The number of rotatable bonds is 7. The number of likely N-dealkylation sites (tertiary alicyclic amines) is 1. The maximum Gasteiger partial charge on any atom is 0.272 e. The summed E-state index contributed by atoms with van der Waals surface area (Å²) < 4.78 is 4.04. The van der Waals surface area contributed by atoms with Crippen molar-refractivity contribution in [2.75, 3.05) is 19.6 Å². The largest absolute Gasteiger partial charge is 0.303 e. The van der Waals surface area contributed by atoms with Crippen molar-refractivity contribution in [3.05, 3.63) is 68.3 Å². The molecule has 0 aromatic carbocycles. The van der Waals surface area contributed by atoms with Crippen LogP contribution in [-0.2, 0) is 12.3 Å². The van der Waals surface area contributed by atoms with E-state index < -0.39 is 0 Å². The van der Waals surface area contributed by atoms with Gasteiger partial charge in [-0.25, -0.2) is 9.97 Å². The first-order chi connectivity index (χ1) is 15.7. The van der Waals surface area contributed by atoms with Crippen LogP contribution < -0.4 is 11.1 Å². The van der Waals surface area contributed by atoms with Crippen LogP contribution in [0.2, 0.25) is 0 Å². The van der Waals surface area contributed by atoms with Crippen LogP contribution in [0, 0.1) is 0 Å². The Morgan fingerprint density at radius 2 is 1.91 bits per heavy atom. The minimum absolute atomic E-state index is 0.0256. The molecule has 0 spiro atoms. The maximum absolute atomic E-state index is 13.2. The van der Waals surface area contributed by atoms with Gasteiger partial charge in [0.2, 0.25) is 0 Å². The highest BCUT2D eigenvalue weighted by Gasteiger charge is 2.15. The minimum atomic E-state index is -0.105. The van der Waals surface area contributed by atoms with Crippen LogP contribution in [0.25, 0.3) is 15.9 Å². The summed E-state index contributed by atoms with van der Waals surface area (Å²) in [6.45, 7) is 3.96. The van der Waals surface area contributed by atoms with Crippen molar-refractivity contribution < 1.29 is 0 Å². The van der Waals surface area contributed by atoms with Crippen LogP contribution in [0.15, 0.2) is 56.7 Å². The lowest BCUT2D eigenvalue weighted by atomic mass is 10.1. The van der Waals surface area contributed by atoms with E-state index in [0.29, 0.717) is 33.5 Å². The molecule has 166 valence electrons. The van der Waals surface area contributed by atoms with Crippen LogP contribution in [0.4, 0.5) is 0 Å². The number of pyridine rings is 1. The first kappa shape index (κ1) is 21.4.